The number of fused-ring (bicyclic) bond motifs is 5. The van der Waals surface area contributed by atoms with Crippen LogP contribution in [0.3, 0.4) is 0 Å². The average molecular weight is 562 g/mol. The molecule has 8 rings (SSSR count). The van der Waals surface area contributed by atoms with E-state index < -0.39 is 24.4 Å². The molecule has 1 saturated heterocycles. The van der Waals surface area contributed by atoms with Gasteiger partial charge in [-0.2, -0.15) is 0 Å². The lowest BCUT2D eigenvalue weighted by Crippen LogP contribution is -2.41. The fourth-order valence-corrected chi connectivity index (χ4v) is 6.52. The Morgan fingerprint density at radius 1 is 0.535 bits per heavy atom. The first-order valence-electron chi connectivity index (χ1n) is 17.2. The second kappa shape index (κ2) is 9.54. The highest BCUT2D eigenvalue weighted by Crippen LogP contribution is 2.46. The molecule has 3 heteroatoms. The summed E-state index contributed by atoms with van der Waals surface area (Å²) >= 11 is 0. The molecule has 7 aromatic rings. The lowest BCUT2D eigenvalue weighted by atomic mass is 9.77. The Kier molecular flexibility index (Phi) is 4.72. The van der Waals surface area contributed by atoms with Gasteiger partial charge in [-0.25, -0.2) is 0 Å². The summed E-state index contributed by atoms with van der Waals surface area (Å²) in [6, 6.07) is 31.5. The van der Waals surface area contributed by atoms with Crippen molar-refractivity contribution in [2.24, 2.45) is 0 Å². The van der Waals surface area contributed by atoms with E-state index >= 15 is 0 Å². The summed E-state index contributed by atoms with van der Waals surface area (Å²) in [5, 5.41) is 7.87. The third-order valence-corrected chi connectivity index (χ3v) is 9.36. The van der Waals surface area contributed by atoms with Crippen molar-refractivity contribution in [2.45, 2.75) is 38.9 Å². The van der Waals surface area contributed by atoms with Crippen LogP contribution in [0.1, 0.15) is 34.5 Å². The van der Waals surface area contributed by atoms with Crippen molar-refractivity contribution >= 4 is 55.7 Å². The fraction of sp³-hybridized carbons (Fsp3) is 0.150. The van der Waals surface area contributed by atoms with Crippen molar-refractivity contribution in [1.82, 2.24) is 0 Å². The molecule has 1 aliphatic heterocycles. The van der Waals surface area contributed by atoms with Crippen LogP contribution >= 0.6 is 0 Å². The van der Waals surface area contributed by atoms with E-state index in [0.717, 1.165) is 59.7 Å². The summed E-state index contributed by atoms with van der Waals surface area (Å²) in [6.07, 6.45) is 0. The molecule has 1 aliphatic rings. The second-order valence-corrected chi connectivity index (χ2v) is 12.4. The first kappa shape index (κ1) is 21.3. The third kappa shape index (κ3) is 4.03. The summed E-state index contributed by atoms with van der Waals surface area (Å²) < 4.78 is 55.8. The zero-order valence-corrected chi connectivity index (χ0v) is 24.6. The Labute approximate surface area is 260 Å². The molecule has 0 radical (unpaired) electrons. The van der Waals surface area contributed by atoms with E-state index in [9.17, 15) is 0 Å². The van der Waals surface area contributed by atoms with Gasteiger partial charge in [0.05, 0.1) is 18.1 Å². The highest BCUT2D eigenvalue weighted by atomic mass is 16.7. The minimum atomic E-state index is -0.500. The molecule has 0 spiro atoms. The molecule has 2 nitrogen and oxygen atoms in total. The Balaban J connectivity index is 1.47. The van der Waals surface area contributed by atoms with Gasteiger partial charge in [-0.3, -0.25) is 0 Å². The van der Waals surface area contributed by atoms with Crippen LogP contribution < -0.4 is 5.46 Å². The van der Waals surface area contributed by atoms with Gasteiger partial charge in [0.25, 0.3) is 0 Å². The zero-order chi connectivity index (χ0) is 33.7. The Morgan fingerprint density at radius 3 is 1.67 bits per heavy atom. The highest BCUT2D eigenvalue weighted by molar-refractivity contribution is 6.62. The minimum Gasteiger partial charge on any atom is -0.399 e. The maximum absolute atomic E-state index is 8.89. The van der Waals surface area contributed by atoms with Gasteiger partial charge in [0.2, 0.25) is 0 Å². The van der Waals surface area contributed by atoms with Crippen LogP contribution in [-0.4, -0.2) is 18.3 Å². The van der Waals surface area contributed by atoms with Crippen molar-refractivity contribution in [3.63, 3.8) is 0 Å². The lowest BCUT2D eigenvalue weighted by molar-refractivity contribution is 0.00578. The van der Waals surface area contributed by atoms with E-state index in [1.807, 2.05) is 42.5 Å². The number of rotatable bonds is 3. The molecule has 0 N–H and O–H groups in total. The van der Waals surface area contributed by atoms with Gasteiger partial charge >= 0.3 is 7.12 Å². The van der Waals surface area contributed by atoms with Gasteiger partial charge in [0, 0.05) is 0 Å². The predicted molar refractivity (Wildman–Crippen MR) is 183 cm³/mol. The fourth-order valence-electron chi connectivity index (χ4n) is 6.52. The molecular formula is C40H33BO2. The molecule has 0 bridgehead atoms. The number of benzene rings is 7. The van der Waals surface area contributed by atoms with E-state index in [0.29, 0.717) is 5.56 Å². The molecule has 43 heavy (non-hydrogen) atoms. The summed E-state index contributed by atoms with van der Waals surface area (Å²) in [7, 11) is -0.500. The normalized spacial score (nSPS) is 17.7. The van der Waals surface area contributed by atoms with Gasteiger partial charge in [-0.05, 0) is 105 Å². The van der Waals surface area contributed by atoms with E-state index in [4.69, 9.17) is 16.2 Å². The molecule has 1 fully saturated rings. The monoisotopic (exact) mass is 561 g/mol. The maximum Gasteiger partial charge on any atom is 0.494 e. The van der Waals surface area contributed by atoms with Crippen molar-refractivity contribution in [2.75, 3.05) is 0 Å². The molecule has 0 atom stereocenters. The van der Waals surface area contributed by atoms with Crippen LogP contribution in [-0.2, 0) is 9.31 Å². The van der Waals surface area contributed by atoms with Crippen molar-refractivity contribution in [1.29, 1.82) is 0 Å². The first-order chi connectivity index (χ1) is 22.9. The van der Waals surface area contributed by atoms with Gasteiger partial charge in [0.1, 0.15) is 0 Å². The number of hydrogen-bond donors (Lipinski definition) is 0. The van der Waals surface area contributed by atoms with Gasteiger partial charge in [-0.15, -0.1) is 0 Å². The molecule has 7 aromatic carbocycles. The van der Waals surface area contributed by atoms with Crippen LogP contribution in [0.4, 0.5) is 0 Å². The van der Waals surface area contributed by atoms with Crippen LogP contribution in [0, 0.1) is 0 Å². The van der Waals surface area contributed by atoms with Crippen molar-refractivity contribution in [3.05, 3.63) is 127 Å². The van der Waals surface area contributed by atoms with Crippen LogP contribution in [0.5, 0.6) is 0 Å². The highest BCUT2D eigenvalue weighted by Gasteiger charge is 2.51. The molecule has 0 saturated carbocycles. The quantitative estimate of drug-likeness (QED) is 0.121. The van der Waals surface area contributed by atoms with Gasteiger partial charge in [0.15, 0.2) is 0 Å². The average Bonchev–Trinajstić information content (AvgIpc) is 3.31. The molecule has 0 amide bonds. The van der Waals surface area contributed by atoms with E-state index in [1.54, 1.807) is 0 Å². The zero-order valence-electron chi connectivity index (χ0n) is 29.6. The van der Waals surface area contributed by atoms with Crippen LogP contribution in [0.2, 0.25) is 0 Å². The van der Waals surface area contributed by atoms with E-state index in [1.165, 1.54) is 0 Å². The third-order valence-electron chi connectivity index (χ3n) is 9.36. The molecular weight excluding hydrogens is 523 g/mol. The summed E-state index contributed by atoms with van der Waals surface area (Å²) in [5.41, 5.74) is 2.94. The molecule has 208 valence electrons. The van der Waals surface area contributed by atoms with Crippen molar-refractivity contribution in [3.8, 4) is 22.3 Å². The Hall–Kier alpha value is -4.44. The Bertz CT molecular complexity index is 2390. The largest absolute Gasteiger partial charge is 0.494 e. The molecule has 0 aliphatic carbocycles. The summed E-state index contributed by atoms with van der Waals surface area (Å²) in [5.74, 6) is 0. The Morgan fingerprint density at radius 2 is 1.07 bits per heavy atom. The van der Waals surface area contributed by atoms with Crippen LogP contribution in [0.25, 0.3) is 65.3 Å². The molecule has 0 unspecified atom stereocenters. The maximum atomic E-state index is 8.89. The molecule has 1 heterocycles. The predicted octanol–water partition coefficient (Wildman–Crippen LogP) is 9.93. The first-order valence-corrected chi connectivity index (χ1v) is 14.7. The lowest BCUT2D eigenvalue weighted by Gasteiger charge is -2.32. The SMILES string of the molecule is [2H]c1c([2H])c([2H])c(-c2c3ccccc3c(-c3cc4ccccc4c4cc(B5OC(C)(C)C(C)(C)O5)ccc34)c3ccccc23)c([2H])c1[2H]. The van der Waals surface area contributed by atoms with Crippen molar-refractivity contribution < 1.29 is 16.2 Å². The smallest absolute Gasteiger partial charge is 0.399 e. The van der Waals surface area contributed by atoms with Gasteiger partial charge in [-0.1, -0.05) is 121 Å². The van der Waals surface area contributed by atoms with E-state index in [2.05, 4.69) is 82.3 Å². The minimum absolute atomic E-state index is 0.204. The van der Waals surface area contributed by atoms with Gasteiger partial charge < -0.3 is 9.31 Å². The molecule has 0 aromatic heterocycles. The number of hydrogen-bond acceptors (Lipinski definition) is 2. The van der Waals surface area contributed by atoms with E-state index in [-0.39, 0.29) is 29.7 Å². The standard InChI is InChI=1S/C40H33BO2/c1-39(2)40(3,4)43-41(42-39)28-22-23-30-35(25-28)29-17-9-8-16-27(29)24-36(30)38-33-20-12-10-18-31(33)37(26-14-6-5-7-15-26)32-19-11-13-21-34(32)38/h5-25H,1-4H3/i5D,6D,7D,14D,15D. The summed E-state index contributed by atoms with van der Waals surface area (Å²) in [4.78, 5) is 0. The summed E-state index contributed by atoms with van der Waals surface area (Å²) in [6.45, 7) is 8.25. The van der Waals surface area contributed by atoms with Crippen LogP contribution in [0.15, 0.2) is 127 Å². The topological polar surface area (TPSA) is 18.5 Å². The second-order valence-electron chi connectivity index (χ2n) is 12.4.